The maximum Gasteiger partial charge on any atom is 0.199 e. The van der Waals surface area contributed by atoms with Crippen molar-refractivity contribution in [3.63, 3.8) is 0 Å². The van der Waals surface area contributed by atoms with Crippen molar-refractivity contribution in [1.29, 1.82) is 0 Å². The number of nitrogens with zero attached hydrogens (tertiary/aromatic N) is 5. The van der Waals surface area contributed by atoms with Crippen molar-refractivity contribution in [2.24, 2.45) is 0 Å². The molecule has 0 aliphatic carbocycles. The monoisotopic (exact) mass is 734 g/mol. The third kappa shape index (κ3) is 6.49. The lowest BCUT2D eigenvalue weighted by atomic mass is 9.90. The molecule has 5 heteroatoms. The average Bonchev–Trinajstić information content (AvgIpc) is 3.55. The average molecular weight is 735 g/mol. The lowest BCUT2D eigenvalue weighted by Crippen LogP contribution is -2.34. The molecule has 0 N–H and O–H groups in total. The number of para-hydroxylation sites is 3. The van der Waals surface area contributed by atoms with Crippen LogP contribution in [0.4, 0.5) is 40.1 Å². The van der Waals surface area contributed by atoms with Crippen LogP contribution in [0.3, 0.4) is 0 Å². The Morgan fingerprint density at radius 1 is 0.429 bits per heavy atom. The minimum Gasteiger partial charge on any atom is -0.310 e. The molecule has 0 amide bonds. The summed E-state index contributed by atoms with van der Waals surface area (Å²) < 4.78 is 0. The zero-order valence-corrected chi connectivity index (χ0v) is 33.9. The van der Waals surface area contributed by atoms with E-state index in [0.717, 1.165) is 40.4 Å². The third-order valence-corrected chi connectivity index (χ3v) is 11.0. The number of fused-ring (bicyclic) bond motifs is 2. The summed E-state index contributed by atoms with van der Waals surface area (Å²) in [6.45, 7) is 18.3. The van der Waals surface area contributed by atoms with Crippen LogP contribution in [0.2, 0.25) is 0 Å². The molecular weight excluding hydrogens is 683 g/mol. The highest BCUT2D eigenvalue weighted by molar-refractivity contribution is 5.99. The number of benzene rings is 6. The summed E-state index contributed by atoms with van der Waals surface area (Å²) in [5, 5.41) is 2.42. The van der Waals surface area contributed by atoms with Crippen molar-refractivity contribution in [3.8, 4) is 0 Å². The quantitative estimate of drug-likeness (QED) is 0.140. The molecule has 0 spiro atoms. The maximum absolute atomic E-state index is 5.17. The van der Waals surface area contributed by atoms with Crippen LogP contribution in [0.5, 0.6) is 0 Å². The van der Waals surface area contributed by atoms with Crippen molar-refractivity contribution >= 4 is 50.8 Å². The molecule has 0 fully saturated rings. The van der Waals surface area contributed by atoms with Crippen LogP contribution in [-0.2, 0) is 0 Å². The molecule has 1 radical (unpaired) electrons. The lowest BCUT2D eigenvalue weighted by molar-refractivity contribution is 0.805. The van der Waals surface area contributed by atoms with E-state index in [0.29, 0.717) is 0 Å². The molecule has 1 aliphatic heterocycles. The minimum atomic E-state index is 0.288. The van der Waals surface area contributed by atoms with Crippen LogP contribution in [-0.4, -0.2) is 9.97 Å². The molecular formula is C51H52N5. The molecule has 0 atom stereocenters. The summed E-state index contributed by atoms with van der Waals surface area (Å²) in [5.41, 5.74) is 11.9. The summed E-state index contributed by atoms with van der Waals surface area (Å²) in [6.07, 6.45) is 4.71. The first-order valence-corrected chi connectivity index (χ1v) is 20.1. The van der Waals surface area contributed by atoms with Crippen LogP contribution in [0, 0.1) is 6.17 Å². The Labute approximate surface area is 333 Å². The van der Waals surface area contributed by atoms with E-state index in [-0.39, 0.29) is 23.7 Å². The molecule has 0 bridgehead atoms. The van der Waals surface area contributed by atoms with Gasteiger partial charge in [-0.25, -0.2) is 9.97 Å². The second kappa shape index (κ2) is 15.3. The summed E-state index contributed by atoms with van der Waals surface area (Å²) in [5.74, 6) is 2.84. The maximum atomic E-state index is 5.17. The van der Waals surface area contributed by atoms with E-state index >= 15 is 0 Å². The predicted molar refractivity (Wildman–Crippen MR) is 237 cm³/mol. The lowest BCUT2D eigenvalue weighted by Gasteiger charge is -2.37. The van der Waals surface area contributed by atoms with Gasteiger partial charge in [0, 0.05) is 34.7 Å². The van der Waals surface area contributed by atoms with Crippen molar-refractivity contribution in [2.75, 3.05) is 14.7 Å². The van der Waals surface area contributed by atoms with E-state index in [2.05, 4.69) is 204 Å². The fraction of sp³-hybridized carbons (Fsp3) is 0.235. The Bertz CT molecular complexity index is 2320. The van der Waals surface area contributed by atoms with Crippen molar-refractivity contribution < 1.29 is 0 Å². The molecule has 56 heavy (non-hydrogen) atoms. The molecule has 0 unspecified atom stereocenters. The van der Waals surface area contributed by atoms with Crippen LogP contribution in [0.15, 0.2) is 146 Å². The van der Waals surface area contributed by atoms with Gasteiger partial charge in [0.15, 0.2) is 17.8 Å². The van der Waals surface area contributed by atoms with Gasteiger partial charge in [-0.15, -0.1) is 0 Å². The molecule has 1 aliphatic rings. The van der Waals surface area contributed by atoms with E-state index < -0.39 is 0 Å². The molecule has 2 heterocycles. The fourth-order valence-electron chi connectivity index (χ4n) is 8.33. The van der Waals surface area contributed by atoms with Gasteiger partial charge >= 0.3 is 0 Å². The summed E-state index contributed by atoms with van der Waals surface area (Å²) in [7, 11) is 0. The van der Waals surface area contributed by atoms with E-state index in [1.165, 1.54) is 44.4 Å². The molecule has 7 aromatic rings. The second-order valence-corrected chi connectivity index (χ2v) is 16.1. The van der Waals surface area contributed by atoms with Gasteiger partial charge in [0.05, 0.1) is 17.1 Å². The Hall–Kier alpha value is -5.94. The highest BCUT2D eigenvalue weighted by atomic mass is 15.5. The molecule has 1 aromatic heterocycles. The highest BCUT2D eigenvalue weighted by Gasteiger charge is 2.46. The first-order valence-electron chi connectivity index (χ1n) is 20.1. The minimum absolute atomic E-state index is 0.288. The van der Waals surface area contributed by atoms with Crippen molar-refractivity contribution in [3.05, 3.63) is 180 Å². The Balaban J connectivity index is 1.39. The van der Waals surface area contributed by atoms with Crippen molar-refractivity contribution in [2.45, 2.75) is 79.1 Å². The molecule has 0 saturated carbocycles. The van der Waals surface area contributed by atoms with Crippen LogP contribution < -0.4 is 14.7 Å². The normalized spacial score (nSPS) is 13.1. The Morgan fingerprint density at radius 2 is 0.857 bits per heavy atom. The van der Waals surface area contributed by atoms with Gasteiger partial charge in [0.1, 0.15) is 0 Å². The van der Waals surface area contributed by atoms with Crippen molar-refractivity contribution in [1.82, 2.24) is 9.97 Å². The topological polar surface area (TPSA) is 35.5 Å². The number of hydrogen-bond acceptors (Lipinski definition) is 5. The van der Waals surface area contributed by atoms with Crippen LogP contribution >= 0.6 is 0 Å². The molecule has 8 rings (SSSR count). The first kappa shape index (κ1) is 37.0. The van der Waals surface area contributed by atoms with E-state index in [1.807, 2.05) is 12.4 Å². The zero-order chi connectivity index (χ0) is 39.1. The predicted octanol–water partition coefficient (Wildman–Crippen LogP) is 14.4. The van der Waals surface area contributed by atoms with Crippen LogP contribution in [0.1, 0.15) is 107 Å². The molecule has 0 saturated heterocycles. The third-order valence-electron chi connectivity index (χ3n) is 11.0. The van der Waals surface area contributed by atoms with E-state index in [4.69, 9.17) is 9.97 Å². The van der Waals surface area contributed by atoms with Crippen LogP contribution in [0.25, 0.3) is 10.8 Å². The van der Waals surface area contributed by atoms with Gasteiger partial charge in [-0.1, -0.05) is 159 Å². The summed E-state index contributed by atoms with van der Waals surface area (Å²) in [6, 6.07) is 48.6. The Morgan fingerprint density at radius 3 is 1.36 bits per heavy atom. The number of hydrogen-bond donors (Lipinski definition) is 0. The van der Waals surface area contributed by atoms with Gasteiger partial charge in [-0.2, -0.15) is 0 Å². The highest BCUT2D eigenvalue weighted by Crippen LogP contribution is 2.56. The van der Waals surface area contributed by atoms with Gasteiger partial charge in [0.25, 0.3) is 0 Å². The fourth-order valence-corrected chi connectivity index (χ4v) is 8.33. The summed E-state index contributed by atoms with van der Waals surface area (Å²) >= 11 is 0. The van der Waals surface area contributed by atoms with E-state index in [1.54, 1.807) is 0 Å². The smallest absolute Gasteiger partial charge is 0.199 e. The Kier molecular flexibility index (Phi) is 10.1. The van der Waals surface area contributed by atoms with E-state index in [9.17, 15) is 0 Å². The largest absolute Gasteiger partial charge is 0.310 e. The number of anilines is 7. The van der Waals surface area contributed by atoms with Gasteiger partial charge in [0.2, 0.25) is 0 Å². The number of aromatic nitrogens is 2. The first-order chi connectivity index (χ1) is 27.2. The van der Waals surface area contributed by atoms with Gasteiger partial charge in [-0.3, -0.25) is 9.80 Å². The standard InChI is InChI=1S/C51H52N5/c1-33(2)41-22-15-23-42(34(3)4)47(41)55-49-50(53-32-31-52-49)56(48-43(35(5)6)24-16-25-44(48)36(7)8)51(55)38-27-29-40(30-28-38)54(39-19-10-9-11-20-39)46-26-14-18-37-17-12-13-21-45(37)46/h9-36H,1-8H3. The molecule has 6 aromatic carbocycles. The summed E-state index contributed by atoms with van der Waals surface area (Å²) in [4.78, 5) is 17.5. The molecule has 281 valence electrons. The van der Waals surface area contributed by atoms with Gasteiger partial charge < -0.3 is 4.90 Å². The number of rotatable bonds is 10. The SMILES string of the molecule is CC(C)c1cccc(C(C)C)c1N1[C](c2ccc(N(c3ccccc3)c3cccc4ccccc34)cc2)N(c2c(C(C)C)cccc2C(C)C)c2nccnc21. The second-order valence-electron chi connectivity index (χ2n) is 16.1. The van der Waals surface area contributed by atoms with Gasteiger partial charge in [-0.05, 0) is 81.6 Å². The molecule has 5 nitrogen and oxygen atoms in total. The zero-order valence-electron chi connectivity index (χ0n) is 33.9.